The molecule has 136 valence electrons. The Balaban J connectivity index is 1.51. The largest absolute Gasteiger partial charge is 0.376 e. The molecular weight excluding hydrogens is 326 g/mol. The molecule has 1 saturated heterocycles. The summed E-state index contributed by atoms with van der Waals surface area (Å²) in [7, 11) is 0. The smallest absolute Gasteiger partial charge is 0.253 e. The lowest BCUT2D eigenvalue weighted by atomic mass is 9.98. The first-order valence-corrected chi connectivity index (χ1v) is 9.10. The normalized spacial score (nSPS) is 14.7. The van der Waals surface area contributed by atoms with Crippen LogP contribution in [0.15, 0.2) is 54.6 Å². The predicted molar refractivity (Wildman–Crippen MR) is 104 cm³/mol. The van der Waals surface area contributed by atoms with E-state index in [1.165, 1.54) is 0 Å². The first-order valence-electron chi connectivity index (χ1n) is 9.10. The third kappa shape index (κ3) is 4.85. The summed E-state index contributed by atoms with van der Waals surface area (Å²) >= 11 is 0. The van der Waals surface area contributed by atoms with Crippen molar-refractivity contribution in [1.82, 2.24) is 4.90 Å². The van der Waals surface area contributed by atoms with Gasteiger partial charge in [0.05, 0.1) is 6.54 Å². The zero-order valence-electron chi connectivity index (χ0n) is 15.1. The Labute approximate surface area is 154 Å². The molecule has 2 N–H and O–H groups in total. The number of nitrogens with zero attached hydrogens (tertiary/aromatic N) is 1. The van der Waals surface area contributed by atoms with E-state index in [4.69, 9.17) is 0 Å². The number of nitrogens with one attached hydrogen (secondary N) is 2. The summed E-state index contributed by atoms with van der Waals surface area (Å²) in [6.45, 7) is 4.07. The van der Waals surface area contributed by atoms with Crippen LogP contribution in [-0.4, -0.2) is 36.3 Å². The molecule has 3 rings (SSSR count). The predicted octanol–water partition coefficient (Wildman–Crippen LogP) is 3.61. The molecule has 1 fully saturated rings. The van der Waals surface area contributed by atoms with Crippen molar-refractivity contribution in [2.45, 2.75) is 19.8 Å². The van der Waals surface area contributed by atoms with Gasteiger partial charge in [0.25, 0.3) is 5.91 Å². The van der Waals surface area contributed by atoms with E-state index in [1.807, 2.05) is 35.2 Å². The van der Waals surface area contributed by atoms with Gasteiger partial charge in [0.1, 0.15) is 0 Å². The highest BCUT2D eigenvalue weighted by atomic mass is 16.2. The van der Waals surface area contributed by atoms with Crippen LogP contribution in [0.2, 0.25) is 0 Å². The molecule has 1 heterocycles. The standard InChI is InChI=1S/C21H25N3O2/c1-16-11-13-24(14-12-16)21(26)17-7-9-19(10-8-17)23-20(25)15-22-18-5-3-2-4-6-18/h2-10,16,22H,11-15H2,1H3,(H,23,25). The number of carbonyl (C=O) groups is 2. The third-order valence-corrected chi connectivity index (χ3v) is 4.71. The lowest BCUT2D eigenvalue weighted by Gasteiger charge is -2.30. The first-order chi connectivity index (χ1) is 12.6. The van der Waals surface area contributed by atoms with Gasteiger partial charge in [-0.25, -0.2) is 0 Å². The number of amides is 2. The van der Waals surface area contributed by atoms with E-state index >= 15 is 0 Å². The highest BCUT2D eigenvalue weighted by Crippen LogP contribution is 2.19. The average Bonchev–Trinajstić information content (AvgIpc) is 2.68. The number of piperidine rings is 1. The van der Waals surface area contributed by atoms with Crippen molar-refractivity contribution in [2.75, 3.05) is 30.3 Å². The Morgan fingerprint density at radius 1 is 0.962 bits per heavy atom. The van der Waals surface area contributed by atoms with Crippen molar-refractivity contribution in [2.24, 2.45) is 5.92 Å². The molecule has 0 aliphatic carbocycles. The Morgan fingerprint density at radius 3 is 2.27 bits per heavy atom. The van der Waals surface area contributed by atoms with Gasteiger partial charge in [-0.05, 0) is 55.2 Å². The summed E-state index contributed by atoms with van der Waals surface area (Å²) in [5.41, 5.74) is 2.26. The fraction of sp³-hybridized carbons (Fsp3) is 0.333. The summed E-state index contributed by atoms with van der Waals surface area (Å²) in [5.74, 6) is 0.639. The Hall–Kier alpha value is -2.82. The monoisotopic (exact) mass is 351 g/mol. The van der Waals surface area contributed by atoms with Crippen LogP contribution < -0.4 is 10.6 Å². The Kier molecular flexibility index (Phi) is 5.89. The second-order valence-electron chi connectivity index (χ2n) is 6.82. The number of carbonyl (C=O) groups excluding carboxylic acids is 2. The second kappa shape index (κ2) is 8.52. The summed E-state index contributed by atoms with van der Waals surface area (Å²) in [6.07, 6.45) is 2.13. The van der Waals surface area contributed by atoms with E-state index in [-0.39, 0.29) is 18.4 Å². The summed E-state index contributed by atoms with van der Waals surface area (Å²) in [6, 6.07) is 16.7. The highest BCUT2D eigenvalue weighted by Gasteiger charge is 2.21. The van der Waals surface area contributed by atoms with Crippen LogP contribution in [0, 0.1) is 5.92 Å². The molecule has 0 unspecified atom stereocenters. The van der Waals surface area contributed by atoms with Gasteiger partial charge in [0.2, 0.25) is 5.91 Å². The van der Waals surface area contributed by atoms with Crippen LogP contribution in [0.1, 0.15) is 30.1 Å². The van der Waals surface area contributed by atoms with Crippen molar-refractivity contribution in [3.63, 3.8) is 0 Å². The second-order valence-corrected chi connectivity index (χ2v) is 6.82. The number of anilines is 2. The third-order valence-electron chi connectivity index (χ3n) is 4.71. The minimum Gasteiger partial charge on any atom is -0.376 e. The molecule has 0 radical (unpaired) electrons. The summed E-state index contributed by atoms with van der Waals surface area (Å²) in [5, 5.41) is 5.91. The van der Waals surface area contributed by atoms with Gasteiger partial charge in [0.15, 0.2) is 0 Å². The Morgan fingerprint density at radius 2 is 1.62 bits per heavy atom. The summed E-state index contributed by atoms with van der Waals surface area (Å²) < 4.78 is 0. The van der Waals surface area contributed by atoms with Gasteiger partial charge in [-0.2, -0.15) is 0 Å². The quantitative estimate of drug-likeness (QED) is 0.865. The minimum atomic E-state index is -0.127. The minimum absolute atomic E-state index is 0.0699. The van der Waals surface area contributed by atoms with Crippen molar-refractivity contribution < 1.29 is 9.59 Å². The van der Waals surface area contributed by atoms with E-state index < -0.39 is 0 Å². The van der Waals surface area contributed by atoms with Crippen molar-refractivity contribution >= 4 is 23.2 Å². The molecule has 0 bridgehead atoms. The van der Waals surface area contributed by atoms with Gasteiger partial charge < -0.3 is 15.5 Å². The van der Waals surface area contributed by atoms with Crippen LogP contribution in [0.5, 0.6) is 0 Å². The van der Waals surface area contributed by atoms with Crippen molar-refractivity contribution in [3.8, 4) is 0 Å². The molecule has 26 heavy (non-hydrogen) atoms. The van der Waals surface area contributed by atoms with Gasteiger partial charge in [-0.3, -0.25) is 9.59 Å². The number of para-hydroxylation sites is 1. The number of hydrogen-bond donors (Lipinski definition) is 2. The van der Waals surface area contributed by atoms with Crippen LogP contribution in [0.3, 0.4) is 0 Å². The lowest BCUT2D eigenvalue weighted by molar-refractivity contribution is -0.114. The fourth-order valence-corrected chi connectivity index (χ4v) is 3.03. The molecule has 0 spiro atoms. The molecule has 1 aliphatic heterocycles. The van der Waals surface area contributed by atoms with E-state index in [9.17, 15) is 9.59 Å². The number of benzene rings is 2. The topological polar surface area (TPSA) is 61.4 Å². The highest BCUT2D eigenvalue weighted by molar-refractivity contribution is 5.96. The maximum Gasteiger partial charge on any atom is 0.253 e. The molecule has 5 heteroatoms. The molecule has 2 aromatic rings. The van der Waals surface area contributed by atoms with Crippen LogP contribution in [0.4, 0.5) is 11.4 Å². The molecule has 0 saturated carbocycles. The van der Waals surface area contributed by atoms with Crippen molar-refractivity contribution in [1.29, 1.82) is 0 Å². The molecule has 0 aromatic heterocycles. The van der Waals surface area contributed by atoms with E-state index in [0.29, 0.717) is 17.2 Å². The maximum absolute atomic E-state index is 12.5. The molecule has 2 amide bonds. The molecule has 1 aliphatic rings. The van der Waals surface area contributed by atoms with Gasteiger partial charge in [-0.15, -0.1) is 0 Å². The fourth-order valence-electron chi connectivity index (χ4n) is 3.03. The van der Waals surface area contributed by atoms with Gasteiger partial charge >= 0.3 is 0 Å². The zero-order valence-corrected chi connectivity index (χ0v) is 15.1. The van der Waals surface area contributed by atoms with E-state index in [2.05, 4.69) is 17.6 Å². The summed E-state index contributed by atoms with van der Waals surface area (Å²) in [4.78, 5) is 26.5. The molecule has 2 aromatic carbocycles. The molecular formula is C21H25N3O2. The average molecular weight is 351 g/mol. The molecule has 5 nitrogen and oxygen atoms in total. The number of rotatable bonds is 5. The van der Waals surface area contributed by atoms with Crippen LogP contribution in [-0.2, 0) is 4.79 Å². The first kappa shape index (κ1) is 18.0. The molecule has 0 atom stereocenters. The van der Waals surface area contributed by atoms with Gasteiger partial charge in [0, 0.05) is 30.0 Å². The van der Waals surface area contributed by atoms with Crippen molar-refractivity contribution in [3.05, 3.63) is 60.2 Å². The Bertz CT molecular complexity index is 736. The van der Waals surface area contributed by atoms with E-state index in [0.717, 1.165) is 31.6 Å². The maximum atomic E-state index is 12.5. The number of likely N-dealkylation sites (tertiary alicyclic amines) is 1. The van der Waals surface area contributed by atoms with Gasteiger partial charge in [-0.1, -0.05) is 25.1 Å². The van der Waals surface area contributed by atoms with E-state index in [1.54, 1.807) is 24.3 Å². The SMILES string of the molecule is CC1CCN(C(=O)c2ccc(NC(=O)CNc3ccccc3)cc2)CC1. The van der Waals surface area contributed by atoms with Crippen LogP contribution in [0.25, 0.3) is 0 Å². The van der Waals surface area contributed by atoms with Crippen LogP contribution >= 0.6 is 0 Å². The lowest BCUT2D eigenvalue weighted by Crippen LogP contribution is -2.37. The number of hydrogen-bond acceptors (Lipinski definition) is 3. The zero-order chi connectivity index (χ0) is 18.4.